The smallest absolute Gasteiger partial charge is 0.410 e. The van der Waals surface area contributed by atoms with Gasteiger partial charge in [-0.3, -0.25) is 24.5 Å². The van der Waals surface area contributed by atoms with E-state index in [4.69, 9.17) is 34.2 Å². The fourth-order valence-corrected chi connectivity index (χ4v) is 10.7. The first kappa shape index (κ1) is 66.4. The first-order valence-corrected chi connectivity index (χ1v) is 30.1. The van der Waals surface area contributed by atoms with Crippen LogP contribution in [0.3, 0.4) is 0 Å². The van der Waals surface area contributed by atoms with E-state index >= 15 is 0 Å². The van der Waals surface area contributed by atoms with Crippen LogP contribution in [0, 0.1) is 0 Å². The molecule has 0 spiro atoms. The van der Waals surface area contributed by atoms with Crippen molar-refractivity contribution in [1.29, 1.82) is 0 Å². The fourth-order valence-electron chi connectivity index (χ4n) is 10.7. The molecule has 0 radical (unpaired) electrons. The Balaban J connectivity index is 0.000000194. The van der Waals surface area contributed by atoms with Crippen molar-refractivity contribution >= 4 is 42.5 Å². The summed E-state index contributed by atoms with van der Waals surface area (Å²) in [6, 6.07) is 26.7. The molecule has 462 valence electrons. The molecule has 3 aromatic rings. The van der Waals surface area contributed by atoms with Gasteiger partial charge in [-0.15, -0.1) is 0 Å². The highest BCUT2D eigenvalue weighted by Gasteiger charge is 2.41. The molecule has 3 heterocycles. The largest absolute Gasteiger partial charge is 0.461 e. The molecule has 0 bridgehead atoms. The van der Waals surface area contributed by atoms with Gasteiger partial charge >= 0.3 is 36.2 Å². The Morgan fingerprint density at radius 2 is 0.881 bits per heavy atom. The lowest BCUT2D eigenvalue weighted by Gasteiger charge is -2.39. The summed E-state index contributed by atoms with van der Waals surface area (Å²) in [5, 5.41) is 8.93. The predicted molar refractivity (Wildman–Crippen MR) is 315 cm³/mol. The van der Waals surface area contributed by atoms with Crippen LogP contribution >= 0.6 is 0 Å². The van der Waals surface area contributed by atoms with E-state index in [0.29, 0.717) is 72.0 Å². The monoisotopic (exact) mass is 1170 g/mol. The van der Waals surface area contributed by atoms with Crippen molar-refractivity contribution in [3.8, 4) is 0 Å². The lowest BCUT2D eigenvalue weighted by atomic mass is 10.1. The van der Waals surface area contributed by atoms with Crippen molar-refractivity contribution < 1.29 is 62.0 Å². The minimum Gasteiger partial charge on any atom is -0.461 e. The number of hydrogen-bond donors (Lipinski definition) is 4. The van der Waals surface area contributed by atoms with Crippen molar-refractivity contribution in [2.24, 2.45) is 5.73 Å². The molecule has 3 atom stereocenters. The van der Waals surface area contributed by atoms with Crippen LogP contribution in [-0.2, 0) is 67.4 Å². The van der Waals surface area contributed by atoms with Crippen molar-refractivity contribution in [3.05, 3.63) is 108 Å². The predicted octanol–water partition coefficient (Wildman–Crippen LogP) is 5.26. The minimum absolute atomic E-state index is 0.00150. The van der Waals surface area contributed by atoms with Gasteiger partial charge in [-0.1, -0.05) is 91.0 Å². The third-order valence-corrected chi connectivity index (χ3v) is 15.5. The van der Waals surface area contributed by atoms with Crippen molar-refractivity contribution in [2.75, 3.05) is 106 Å². The van der Waals surface area contributed by atoms with E-state index in [1.54, 1.807) is 7.05 Å². The second-order valence-corrected chi connectivity index (χ2v) is 21.7. The normalized spacial score (nSPS) is 20.4. The maximum Gasteiger partial charge on any atom is 0.410 e. The number of nitrogens with zero attached hydrogens (tertiary/aromatic N) is 5. The molecule has 84 heavy (non-hydrogen) atoms. The SMILES string of the molecule is CNCC=O.CNCCN1CCN(C(=O)OCc2ccccc2)C(C(=O)OC2CCCC2)C1.NCCN1CCN(C(=O)OCc2ccccc2)C(C(=O)OC2CCCC2)C1.O=C(OC1CCCC1)C1CNCCN1C(=O)OCc1ccccc1. The zero-order valence-electron chi connectivity index (χ0n) is 49.3. The average molecular weight is 1170 g/mol. The van der Waals surface area contributed by atoms with Gasteiger partial charge in [0.15, 0.2) is 0 Å². The maximum atomic E-state index is 12.8. The number of aldehydes is 1. The van der Waals surface area contributed by atoms with Crippen LogP contribution in [0.2, 0.25) is 0 Å². The second kappa shape index (κ2) is 37.6. The zero-order valence-corrected chi connectivity index (χ0v) is 49.3. The topological polar surface area (TPSA) is 253 Å². The Hall–Kier alpha value is -6.69. The summed E-state index contributed by atoms with van der Waals surface area (Å²) in [4.78, 5) is 93.9. The van der Waals surface area contributed by atoms with Gasteiger partial charge in [0.2, 0.25) is 0 Å². The minimum atomic E-state index is -0.644. The molecule has 3 saturated heterocycles. The summed E-state index contributed by atoms with van der Waals surface area (Å²) in [7, 11) is 3.64. The maximum absolute atomic E-state index is 12.8. The van der Waals surface area contributed by atoms with Crippen LogP contribution in [0.15, 0.2) is 91.0 Å². The van der Waals surface area contributed by atoms with Crippen LogP contribution in [0.1, 0.15) is 93.7 Å². The molecule has 9 rings (SSSR count). The molecule has 3 aliphatic heterocycles. The lowest BCUT2D eigenvalue weighted by molar-refractivity contribution is -0.157. The van der Waals surface area contributed by atoms with Gasteiger partial charge in [0.25, 0.3) is 0 Å². The van der Waals surface area contributed by atoms with Crippen LogP contribution in [0.4, 0.5) is 14.4 Å². The van der Waals surface area contributed by atoms with E-state index in [9.17, 15) is 33.6 Å². The second-order valence-electron chi connectivity index (χ2n) is 21.7. The number of carbonyl (C=O) groups excluding carboxylic acids is 7. The molecule has 22 nitrogen and oxygen atoms in total. The summed E-state index contributed by atoms with van der Waals surface area (Å²) in [6.45, 7) is 8.61. The number of ether oxygens (including phenoxy) is 6. The molecular weight excluding hydrogens is 1080 g/mol. The Morgan fingerprint density at radius 3 is 1.23 bits per heavy atom. The quantitative estimate of drug-likeness (QED) is 0.0679. The van der Waals surface area contributed by atoms with Crippen LogP contribution in [-0.4, -0.2) is 209 Å². The molecule has 3 aliphatic carbocycles. The van der Waals surface area contributed by atoms with Gasteiger partial charge in [0.1, 0.15) is 62.5 Å². The third kappa shape index (κ3) is 22.7. The Kier molecular flexibility index (Phi) is 29.7. The number of piperazine rings is 3. The molecule has 0 aromatic heterocycles. The molecule has 22 heteroatoms. The van der Waals surface area contributed by atoms with Gasteiger partial charge in [-0.2, -0.15) is 0 Å². The highest BCUT2D eigenvalue weighted by atomic mass is 16.6. The Labute approximate surface area is 495 Å². The number of esters is 3. The Morgan fingerprint density at radius 1 is 0.512 bits per heavy atom. The number of carbonyl (C=O) groups is 7. The van der Waals surface area contributed by atoms with E-state index in [-0.39, 0.29) is 56.0 Å². The summed E-state index contributed by atoms with van der Waals surface area (Å²) in [5.74, 6) is -0.969. The molecule has 3 saturated carbocycles. The van der Waals surface area contributed by atoms with Crippen molar-refractivity contribution in [3.63, 3.8) is 0 Å². The Bertz CT molecular complexity index is 2410. The number of amides is 3. The summed E-state index contributed by atoms with van der Waals surface area (Å²) >= 11 is 0. The molecular formula is C62H91N9O13. The van der Waals surface area contributed by atoms with E-state index in [0.717, 1.165) is 120 Å². The van der Waals surface area contributed by atoms with Crippen LogP contribution < -0.4 is 21.7 Å². The van der Waals surface area contributed by atoms with E-state index in [2.05, 4.69) is 25.8 Å². The molecule has 3 unspecified atom stereocenters. The number of nitrogens with one attached hydrogen (secondary N) is 3. The van der Waals surface area contributed by atoms with E-state index in [1.165, 1.54) is 14.7 Å². The number of benzene rings is 3. The van der Waals surface area contributed by atoms with Crippen molar-refractivity contribution in [2.45, 2.75) is 133 Å². The zero-order chi connectivity index (χ0) is 59.7. The number of rotatable bonds is 19. The van der Waals surface area contributed by atoms with Crippen LogP contribution in [0.5, 0.6) is 0 Å². The van der Waals surface area contributed by atoms with E-state index < -0.39 is 36.4 Å². The van der Waals surface area contributed by atoms with Crippen molar-refractivity contribution in [1.82, 2.24) is 40.4 Å². The molecule has 3 amide bonds. The standard InChI is InChI=1S/C21H31N3O4.C20H29N3O4.C18H24N2O4.C3H7NO/c1-22-11-12-23-13-14-24(21(26)27-16-17-7-3-2-4-8-17)19(15-23)20(25)28-18-9-5-6-10-18;21-10-11-22-12-13-23(20(25)26-15-16-6-2-1-3-7-16)18(14-22)19(24)27-17-8-4-5-9-17;21-17(24-15-8-4-5-9-15)16-12-19-10-11-20(16)18(22)23-13-14-6-2-1-3-7-14;1-4-2-3-5/h2-4,7-8,18-19,22H,5-6,9-16H2,1H3;1-3,6-7,17-18H,4-5,8-15,21H2;1-3,6-7,15-16,19H,4-5,8-13H2;3-4H,2H2,1H3. The molecule has 3 aromatic carbocycles. The van der Waals surface area contributed by atoms with Crippen LogP contribution in [0.25, 0.3) is 0 Å². The van der Waals surface area contributed by atoms with E-state index in [1.807, 2.05) is 98.0 Å². The third-order valence-electron chi connectivity index (χ3n) is 15.5. The first-order valence-electron chi connectivity index (χ1n) is 30.1. The fraction of sp³-hybridized carbons (Fsp3) is 0.597. The summed E-state index contributed by atoms with van der Waals surface area (Å²) in [6.07, 6.45) is 11.5. The first-order chi connectivity index (χ1) is 41.0. The lowest BCUT2D eigenvalue weighted by Crippen LogP contribution is -2.59. The van der Waals surface area contributed by atoms with Gasteiger partial charge in [0, 0.05) is 85.1 Å². The van der Waals surface area contributed by atoms with Gasteiger partial charge in [0.05, 0.1) is 6.54 Å². The number of nitrogens with two attached hydrogens (primary N) is 1. The molecule has 5 N–H and O–H groups in total. The number of hydrogen-bond acceptors (Lipinski definition) is 19. The van der Waals surface area contributed by atoms with Gasteiger partial charge in [-0.05, 0) is 108 Å². The average Bonchev–Trinajstić information content (AvgIpc) is 3.87. The molecule has 6 fully saturated rings. The highest BCUT2D eigenvalue weighted by Crippen LogP contribution is 2.26. The van der Waals surface area contributed by atoms with Gasteiger partial charge in [-0.25, -0.2) is 28.8 Å². The summed E-state index contributed by atoms with van der Waals surface area (Å²) < 4.78 is 33.3. The summed E-state index contributed by atoms with van der Waals surface area (Å²) in [5.41, 5.74) is 8.42. The number of likely N-dealkylation sites (N-methyl/N-ethyl adjacent to an activating group) is 2. The highest BCUT2D eigenvalue weighted by molar-refractivity contribution is 5.83. The van der Waals surface area contributed by atoms with Gasteiger partial charge < -0.3 is 54.9 Å². The molecule has 6 aliphatic rings.